The fourth-order valence-electron chi connectivity index (χ4n) is 2.78. The largest absolute Gasteiger partial charge is 0.370 e. The highest BCUT2D eigenvalue weighted by Gasteiger charge is 2.21. The first-order chi connectivity index (χ1) is 8.36. The van der Waals surface area contributed by atoms with E-state index >= 15 is 0 Å². The molecule has 1 heterocycles. The predicted octanol–water partition coefficient (Wildman–Crippen LogP) is -0.402. The second-order valence-corrected chi connectivity index (χ2v) is 5.24. The molecule has 1 aliphatic carbocycles. The minimum Gasteiger partial charge on any atom is -0.370 e. The molecule has 1 amide bonds. The standard InChI is InChI=1S/C13H24N2O2/c16-13(12-4-2-1-3-5-12)14-6-7-15-8-10-17-11-9-15/h12H,1-11H2,(H,14,16)/p+1. The minimum atomic E-state index is 0.289. The van der Waals surface area contributed by atoms with Gasteiger partial charge in [-0.3, -0.25) is 4.79 Å². The van der Waals surface area contributed by atoms with Crippen molar-refractivity contribution in [2.75, 3.05) is 39.4 Å². The van der Waals surface area contributed by atoms with E-state index in [2.05, 4.69) is 5.32 Å². The number of carbonyl (C=O) groups excluding carboxylic acids is 1. The third-order valence-corrected chi connectivity index (χ3v) is 3.95. The van der Waals surface area contributed by atoms with E-state index in [0.717, 1.165) is 52.2 Å². The van der Waals surface area contributed by atoms with Gasteiger partial charge in [0.05, 0.1) is 26.3 Å². The summed E-state index contributed by atoms with van der Waals surface area (Å²) in [5.41, 5.74) is 0. The second-order valence-electron chi connectivity index (χ2n) is 5.24. The zero-order valence-corrected chi connectivity index (χ0v) is 10.7. The molecule has 2 fully saturated rings. The number of hydrogen-bond donors (Lipinski definition) is 2. The number of carbonyl (C=O) groups is 1. The molecule has 0 aromatic heterocycles. The molecule has 4 heteroatoms. The van der Waals surface area contributed by atoms with Gasteiger partial charge in [-0.15, -0.1) is 0 Å². The van der Waals surface area contributed by atoms with Crippen LogP contribution in [0.3, 0.4) is 0 Å². The summed E-state index contributed by atoms with van der Waals surface area (Å²) < 4.78 is 5.31. The van der Waals surface area contributed by atoms with Gasteiger partial charge < -0.3 is 15.0 Å². The highest BCUT2D eigenvalue weighted by atomic mass is 16.5. The van der Waals surface area contributed by atoms with Gasteiger partial charge in [-0.2, -0.15) is 0 Å². The van der Waals surface area contributed by atoms with Crippen LogP contribution in [0, 0.1) is 5.92 Å². The van der Waals surface area contributed by atoms with Crippen molar-refractivity contribution in [1.29, 1.82) is 0 Å². The number of amides is 1. The van der Waals surface area contributed by atoms with Crippen LogP contribution in [0.2, 0.25) is 0 Å². The summed E-state index contributed by atoms with van der Waals surface area (Å²) in [5.74, 6) is 0.584. The van der Waals surface area contributed by atoms with Crippen molar-refractivity contribution < 1.29 is 14.4 Å². The Balaban J connectivity index is 1.58. The van der Waals surface area contributed by atoms with Crippen LogP contribution >= 0.6 is 0 Å². The molecule has 2 aliphatic rings. The van der Waals surface area contributed by atoms with Gasteiger partial charge in [0.1, 0.15) is 13.1 Å². The van der Waals surface area contributed by atoms with Gasteiger partial charge in [0.15, 0.2) is 0 Å². The summed E-state index contributed by atoms with van der Waals surface area (Å²) in [7, 11) is 0. The van der Waals surface area contributed by atoms with Crippen LogP contribution in [0.25, 0.3) is 0 Å². The monoisotopic (exact) mass is 241 g/mol. The Labute approximate surface area is 104 Å². The average Bonchev–Trinajstić information content (AvgIpc) is 2.41. The maximum absolute atomic E-state index is 11.9. The quantitative estimate of drug-likeness (QED) is 0.703. The predicted molar refractivity (Wildman–Crippen MR) is 66.0 cm³/mol. The van der Waals surface area contributed by atoms with Crippen molar-refractivity contribution in [3.8, 4) is 0 Å². The lowest BCUT2D eigenvalue weighted by Crippen LogP contribution is -3.14. The fourth-order valence-corrected chi connectivity index (χ4v) is 2.78. The number of nitrogens with one attached hydrogen (secondary N) is 2. The van der Waals surface area contributed by atoms with E-state index < -0.39 is 0 Å². The van der Waals surface area contributed by atoms with Crippen LogP contribution in [0.5, 0.6) is 0 Å². The van der Waals surface area contributed by atoms with E-state index in [1.165, 1.54) is 19.3 Å². The average molecular weight is 241 g/mol. The maximum atomic E-state index is 11.9. The number of rotatable bonds is 4. The first kappa shape index (κ1) is 12.8. The smallest absolute Gasteiger partial charge is 0.223 e. The Kier molecular flexibility index (Phi) is 5.26. The molecule has 2 N–H and O–H groups in total. The molecule has 0 aromatic carbocycles. The van der Waals surface area contributed by atoms with E-state index in [1.54, 1.807) is 4.90 Å². The Bertz CT molecular complexity index is 234. The second kappa shape index (κ2) is 6.97. The van der Waals surface area contributed by atoms with Crippen LogP contribution in [0.1, 0.15) is 32.1 Å². The van der Waals surface area contributed by atoms with E-state index in [9.17, 15) is 4.79 Å². The summed E-state index contributed by atoms with van der Waals surface area (Å²) in [6, 6.07) is 0. The Hall–Kier alpha value is -0.610. The summed E-state index contributed by atoms with van der Waals surface area (Å²) in [4.78, 5) is 13.5. The Morgan fingerprint density at radius 2 is 1.88 bits per heavy atom. The van der Waals surface area contributed by atoms with Crippen molar-refractivity contribution in [3.63, 3.8) is 0 Å². The third-order valence-electron chi connectivity index (χ3n) is 3.95. The van der Waals surface area contributed by atoms with Gasteiger partial charge in [-0.1, -0.05) is 19.3 Å². The molecule has 0 spiro atoms. The number of ether oxygens (including phenoxy) is 1. The van der Waals surface area contributed by atoms with Crippen molar-refractivity contribution in [2.24, 2.45) is 5.92 Å². The van der Waals surface area contributed by atoms with Crippen LogP contribution in [-0.4, -0.2) is 45.3 Å². The molecule has 0 unspecified atom stereocenters. The molecule has 0 aromatic rings. The fraction of sp³-hybridized carbons (Fsp3) is 0.923. The van der Waals surface area contributed by atoms with Crippen molar-refractivity contribution in [2.45, 2.75) is 32.1 Å². The minimum absolute atomic E-state index is 0.289. The zero-order valence-electron chi connectivity index (χ0n) is 10.7. The van der Waals surface area contributed by atoms with Gasteiger partial charge in [-0.05, 0) is 12.8 Å². The zero-order chi connectivity index (χ0) is 11.9. The van der Waals surface area contributed by atoms with E-state index in [-0.39, 0.29) is 5.91 Å². The molecule has 0 radical (unpaired) electrons. The van der Waals surface area contributed by atoms with Gasteiger partial charge in [0.2, 0.25) is 5.91 Å². The van der Waals surface area contributed by atoms with E-state index in [1.807, 2.05) is 0 Å². The van der Waals surface area contributed by atoms with Crippen molar-refractivity contribution >= 4 is 5.91 Å². The molecule has 4 nitrogen and oxygen atoms in total. The molecule has 2 rings (SSSR count). The lowest BCUT2D eigenvalue weighted by Gasteiger charge is -2.25. The summed E-state index contributed by atoms with van der Waals surface area (Å²) in [6.07, 6.45) is 5.95. The SMILES string of the molecule is O=C(NCC[NH+]1CCOCC1)C1CCCCC1. The Morgan fingerprint density at radius 3 is 2.59 bits per heavy atom. The lowest BCUT2D eigenvalue weighted by molar-refractivity contribution is -0.906. The Morgan fingerprint density at radius 1 is 1.18 bits per heavy atom. The van der Waals surface area contributed by atoms with Gasteiger partial charge in [0, 0.05) is 5.92 Å². The molecule has 17 heavy (non-hydrogen) atoms. The number of hydrogen-bond acceptors (Lipinski definition) is 2. The van der Waals surface area contributed by atoms with Gasteiger partial charge in [0.25, 0.3) is 0 Å². The summed E-state index contributed by atoms with van der Waals surface area (Å²) in [6.45, 7) is 5.77. The molecule has 0 bridgehead atoms. The van der Waals surface area contributed by atoms with Crippen molar-refractivity contribution in [1.82, 2.24) is 5.32 Å². The first-order valence-corrected chi connectivity index (χ1v) is 7.05. The van der Waals surface area contributed by atoms with E-state index in [0.29, 0.717) is 5.92 Å². The normalized spacial score (nSPS) is 23.5. The molecule has 1 saturated carbocycles. The molecule has 0 atom stereocenters. The number of quaternary nitrogens is 1. The molecular formula is C13H25N2O2+. The highest BCUT2D eigenvalue weighted by Crippen LogP contribution is 2.23. The van der Waals surface area contributed by atoms with Crippen LogP contribution < -0.4 is 10.2 Å². The highest BCUT2D eigenvalue weighted by molar-refractivity contribution is 5.78. The summed E-state index contributed by atoms with van der Waals surface area (Å²) >= 11 is 0. The van der Waals surface area contributed by atoms with Crippen molar-refractivity contribution in [3.05, 3.63) is 0 Å². The van der Waals surface area contributed by atoms with Crippen LogP contribution in [0.15, 0.2) is 0 Å². The molecule has 1 saturated heterocycles. The van der Waals surface area contributed by atoms with Crippen LogP contribution in [-0.2, 0) is 9.53 Å². The molecular weight excluding hydrogens is 216 g/mol. The van der Waals surface area contributed by atoms with Gasteiger partial charge >= 0.3 is 0 Å². The lowest BCUT2D eigenvalue weighted by atomic mass is 9.89. The number of morpholine rings is 1. The van der Waals surface area contributed by atoms with Crippen LogP contribution in [0.4, 0.5) is 0 Å². The third kappa shape index (κ3) is 4.28. The first-order valence-electron chi connectivity index (χ1n) is 7.05. The maximum Gasteiger partial charge on any atom is 0.223 e. The molecule has 1 aliphatic heterocycles. The van der Waals surface area contributed by atoms with E-state index in [4.69, 9.17) is 4.74 Å². The topological polar surface area (TPSA) is 42.8 Å². The summed E-state index contributed by atoms with van der Waals surface area (Å²) in [5, 5.41) is 3.10. The molecule has 98 valence electrons. The van der Waals surface area contributed by atoms with Gasteiger partial charge in [-0.25, -0.2) is 0 Å².